The van der Waals surface area contributed by atoms with Crippen LogP contribution in [0.4, 0.5) is 5.95 Å². The zero-order valence-electron chi connectivity index (χ0n) is 13.9. The van der Waals surface area contributed by atoms with Gasteiger partial charge in [0.15, 0.2) is 0 Å². The molecule has 3 aromatic rings. The lowest BCUT2D eigenvalue weighted by Gasteiger charge is -2.17. The molecule has 0 radical (unpaired) electrons. The van der Waals surface area contributed by atoms with Gasteiger partial charge in [0.1, 0.15) is 5.75 Å². The highest BCUT2D eigenvalue weighted by Gasteiger charge is 2.43. The Hall–Kier alpha value is -2.95. The molecule has 4 rings (SSSR count). The van der Waals surface area contributed by atoms with Gasteiger partial charge in [0.2, 0.25) is 5.95 Å². The zero-order chi connectivity index (χ0) is 17.0. The second kappa shape index (κ2) is 6.89. The quantitative estimate of drug-likeness (QED) is 0.713. The third-order valence-electron chi connectivity index (χ3n) is 4.45. The Kier molecular flexibility index (Phi) is 4.29. The van der Waals surface area contributed by atoms with Crippen LogP contribution >= 0.6 is 0 Å². The van der Waals surface area contributed by atoms with Gasteiger partial charge in [-0.2, -0.15) is 0 Å². The number of hydrogen-bond donors (Lipinski definition) is 1. The van der Waals surface area contributed by atoms with E-state index in [0.29, 0.717) is 12.6 Å². The summed E-state index contributed by atoms with van der Waals surface area (Å²) < 4.78 is 5.92. The molecule has 25 heavy (non-hydrogen) atoms. The molecule has 126 valence electrons. The number of benzene rings is 1. The Morgan fingerprint density at radius 3 is 2.48 bits per heavy atom. The molecule has 0 bridgehead atoms. The second-order valence-corrected chi connectivity index (χ2v) is 6.44. The van der Waals surface area contributed by atoms with Crippen molar-refractivity contribution in [2.24, 2.45) is 5.41 Å². The van der Waals surface area contributed by atoms with E-state index in [2.05, 4.69) is 20.3 Å². The minimum Gasteiger partial charge on any atom is -0.493 e. The molecule has 1 N–H and O–H groups in total. The fourth-order valence-electron chi connectivity index (χ4n) is 2.67. The molecule has 0 aliphatic heterocycles. The van der Waals surface area contributed by atoms with E-state index in [1.807, 2.05) is 54.6 Å². The molecule has 2 aromatic heterocycles. The molecule has 1 saturated carbocycles. The number of rotatable bonds is 7. The van der Waals surface area contributed by atoms with Crippen LogP contribution in [0, 0.1) is 5.41 Å². The lowest BCUT2D eigenvalue weighted by molar-refractivity contribution is 0.242. The van der Waals surface area contributed by atoms with Crippen molar-refractivity contribution in [2.45, 2.75) is 12.8 Å². The van der Waals surface area contributed by atoms with Gasteiger partial charge in [0.05, 0.1) is 18.0 Å². The number of anilines is 1. The minimum atomic E-state index is 0.181. The van der Waals surface area contributed by atoms with Crippen LogP contribution in [-0.4, -0.2) is 28.1 Å². The summed E-state index contributed by atoms with van der Waals surface area (Å²) >= 11 is 0. The SMILES string of the molecule is c1ccc(OCC2(CNc3nccc(-c4ccccn4)n3)CC2)cc1. The van der Waals surface area contributed by atoms with Crippen molar-refractivity contribution < 1.29 is 4.74 Å². The van der Waals surface area contributed by atoms with Gasteiger partial charge in [-0.05, 0) is 43.2 Å². The fraction of sp³-hybridized carbons (Fsp3) is 0.250. The average Bonchev–Trinajstić information content (AvgIpc) is 3.47. The van der Waals surface area contributed by atoms with Crippen molar-refractivity contribution in [3.63, 3.8) is 0 Å². The summed E-state index contributed by atoms with van der Waals surface area (Å²) in [6.45, 7) is 1.52. The maximum atomic E-state index is 5.92. The van der Waals surface area contributed by atoms with Crippen LogP contribution in [0.25, 0.3) is 11.4 Å². The van der Waals surface area contributed by atoms with Crippen LogP contribution in [0.5, 0.6) is 5.75 Å². The highest BCUT2D eigenvalue weighted by atomic mass is 16.5. The molecule has 0 amide bonds. The van der Waals surface area contributed by atoms with Crippen molar-refractivity contribution in [3.8, 4) is 17.1 Å². The fourth-order valence-corrected chi connectivity index (χ4v) is 2.67. The average molecular weight is 332 g/mol. The van der Waals surface area contributed by atoms with Crippen LogP contribution in [-0.2, 0) is 0 Å². The number of para-hydroxylation sites is 1. The van der Waals surface area contributed by atoms with Crippen molar-refractivity contribution >= 4 is 5.95 Å². The van der Waals surface area contributed by atoms with Crippen molar-refractivity contribution in [3.05, 3.63) is 67.0 Å². The lowest BCUT2D eigenvalue weighted by Crippen LogP contribution is -2.23. The monoisotopic (exact) mass is 332 g/mol. The number of nitrogens with one attached hydrogen (secondary N) is 1. The van der Waals surface area contributed by atoms with Gasteiger partial charge in [0.25, 0.3) is 0 Å². The molecule has 1 aliphatic rings. The largest absolute Gasteiger partial charge is 0.493 e. The normalized spacial score (nSPS) is 14.7. The van der Waals surface area contributed by atoms with Gasteiger partial charge in [-0.3, -0.25) is 4.98 Å². The molecule has 0 spiro atoms. The summed E-state index contributed by atoms with van der Waals surface area (Å²) in [5, 5.41) is 3.36. The first kappa shape index (κ1) is 15.6. The van der Waals surface area contributed by atoms with Gasteiger partial charge in [0, 0.05) is 24.4 Å². The van der Waals surface area contributed by atoms with Gasteiger partial charge < -0.3 is 10.1 Å². The summed E-state index contributed by atoms with van der Waals surface area (Å²) in [5.41, 5.74) is 1.85. The maximum Gasteiger partial charge on any atom is 0.223 e. The second-order valence-electron chi connectivity index (χ2n) is 6.44. The highest BCUT2D eigenvalue weighted by molar-refractivity contribution is 5.54. The minimum absolute atomic E-state index is 0.181. The first-order valence-corrected chi connectivity index (χ1v) is 8.49. The molecule has 1 fully saturated rings. The number of aromatic nitrogens is 3. The maximum absolute atomic E-state index is 5.92. The van der Waals surface area contributed by atoms with E-state index >= 15 is 0 Å². The Morgan fingerprint density at radius 1 is 0.880 bits per heavy atom. The van der Waals surface area contributed by atoms with E-state index in [1.165, 1.54) is 0 Å². The van der Waals surface area contributed by atoms with Gasteiger partial charge in [-0.15, -0.1) is 0 Å². The molecule has 0 unspecified atom stereocenters. The molecule has 1 aromatic carbocycles. The van der Waals surface area contributed by atoms with E-state index in [1.54, 1.807) is 12.4 Å². The molecule has 0 atom stereocenters. The summed E-state index contributed by atoms with van der Waals surface area (Å²) in [5.74, 6) is 1.55. The number of pyridine rings is 1. The van der Waals surface area contributed by atoms with Crippen molar-refractivity contribution in [1.82, 2.24) is 15.0 Å². The molecule has 1 aliphatic carbocycles. The van der Waals surface area contributed by atoms with E-state index in [9.17, 15) is 0 Å². The van der Waals surface area contributed by atoms with Crippen LogP contribution in [0.15, 0.2) is 67.0 Å². The summed E-state index contributed by atoms with van der Waals surface area (Å²) in [6.07, 6.45) is 5.85. The van der Waals surface area contributed by atoms with Crippen LogP contribution in [0.1, 0.15) is 12.8 Å². The third-order valence-corrected chi connectivity index (χ3v) is 4.45. The van der Waals surface area contributed by atoms with E-state index < -0.39 is 0 Å². The molecular weight excluding hydrogens is 312 g/mol. The Balaban J connectivity index is 1.37. The highest BCUT2D eigenvalue weighted by Crippen LogP contribution is 2.45. The van der Waals surface area contributed by atoms with E-state index in [0.717, 1.165) is 36.5 Å². The van der Waals surface area contributed by atoms with Gasteiger partial charge in [-0.1, -0.05) is 24.3 Å². The topological polar surface area (TPSA) is 59.9 Å². The van der Waals surface area contributed by atoms with Crippen molar-refractivity contribution in [1.29, 1.82) is 0 Å². The van der Waals surface area contributed by atoms with Crippen LogP contribution in [0.2, 0.25) is 0 Å². The first-order chi connectivity index (χ1) is 12.3. The predicted octanol–water partition coefficient (Wildman–Crippen LogP) is 3.81. The van der Waals surface area contributed by atoms with E-state index in [-0.39, 0.29) is 5.41 Å². The van der Waals surface area contributed by atoms with Crippen LogP contribution < -0.4 is 10.1 Å². The number of nitrogens with zero attached hydrogens (tertiary/aromatic N) is 3. The van der Waals surface area contributed by atoms with Crippen LogP contribution in [0.3, 0.4) is 0 Å². The smallest absolute Gasteiger partial charge is 0.223 e. The Labute approximate surface area is 147 Å². The molecule has 0 saturated heterocycles. The number of hydrogen-bond acceptors (Lipinski definition) is 5. The molecule has 2 heterocycles. The Bertz CT molecular complexity index is 819. The zero-order valence-corrected chi connectivity index (χ0v) is 13.9. The lowest BCUT2D eigenvalue weighted by atomic mass is 10.1. The van der Waals surface area contributed by atoms with Gasteiger partial charge in [-0.25, -0.2) is 9.97 Å². The molecular formula is C20H20N4O. The van der Waals surface area contributed by atoms with E-state index in [4.69, 9.17) is 4.74 Å². The summed E-state index contributed by atoms with van der Waals surface area (Å²) in [7, 11) is 0. The van der Waals surface area contributed by atoms with Crippen molar-refractivity contribution in [2.75, 3.05) is 18.5 Å². The summed E-state index contributed by atoms with van der Waals surface area (Å²) in [6, 6.07) is 17.6. The first-order valence-electron chi connectivity index (χ1n) is 8.49. The summed E-state index contributed by atoms with van der Waals surface area (Å²) in [4.78, 5) is 13.2. The molecule has 5 heteroatoms. The Morgan fingerprint density at radius 2 is 1.72 bits per heavy atom. The predicted molar refractivity (Wildman–Crippen MR) is 97.4 cm³/mol. The standard InChI is InChI=1S/C20H20N4O/c1-2-6-16(7-3-1)25-15-20(10-11-20)14-23-19-22-13-9-18(24-19)17-8-4-5-12-21-17/h1-9,12-13H,10-11,14-15H2,(H,22,23,24). The molecule has 5 nitrogen and oxygen atoms in total. The third kappa shape index (κ3) is 3.94. The number of ether oxygens (including phenoxy) is 1. The van der Waals surface area contributed by atoms with Gasteiger partial charge >= 0.3 is 0 Å².